The molecule has 1 fully saturated rings. The van der Waals surface area contributed by atoms with Gasteiger partial charge in [0.2, 0.25) is 0 Å². The maximum atomic E-state index is 11.6. The molecule has 1 heterocycles. The van der Waals surface area contributed by atoms with Gasteiger partial charge in [0.1, 0.15) is 0 Å². The number of aromatic amines is 1. The van der Waals surface area contributed by atoms with Crippen molar-refractivity contribution in [3.05, 3.63) is 22.1 Å². The number of carbonyl (C=O) groups excluding carboxylic acids is 1. The number of carbonyl (C=O) groups is 1. The fourth-order valence-electron chi connectivity index (χ4n) is 2.36. The zero-order valence-corrected chi connectivity index (χ0v) is 10.1. The van der Waals surface area contributed by atoms with Gasteiger partial charge >= 0.3 is 5.97 Å². The van der Waals surface area contributed by atoms with Crippen molar-refractivity contribution in [2.75, 3.05) is 7.11 Å². The highest BCUT2D eigenvalue weighted by atomic mass is 16.5. The molecule has 1 aromatic rings. The highest BCUT2D eigenvalue weighted by molar-refractivity contribution is 5.72. The fourth-order valence-corrected chi connectivity index (χ4v) is 2.36. The molecule has 1 aromatic heterocycles. The van der Waals surface area contributed by atoms with Crippen LogP contribution in [0.1, 0.15) is 43.7 Å². The third-order valence-electron chi connectivity index (χ3n) is 3.35. The third kappa shape index (κ3) is 2.78. The first-order valence-electron chi connectivity index (χ1n) is 6.07. The number of rotatable bonds is 3. The van der Waals surface area contributed by atoms with Gasteiger partial charge in [-0.1, -0.05) is 19.3 Å². The lowest BCUT2D eigenvalue weighted by Gasteiger charge is -2.22. The number of nitrogens with one attached hydrogen (secondary N) is 1. The Bertz CT molecular complexity index is 441. The number of H-pyrrole nitrogens is 1. The normalized spacial score (nSPS) is 17.0. The largest absolute Gasteiger partial charge is 0.469 e. The molecule has 0 spiro atoms. The van der Waals surface area contributed by atoms with Gasteiger partial charge in [-0.3, -0.25) is 19.4 Å². The van der Waals surface area contributed by atoms with Crippen LogP contribution in [-0.4, -0.2) is 22.9 Å². The molecule has 0 bridgehead atoms. The van der Waals surface area contributed by atoms with Crippen molar-refractivity contribution in [1.29, 1.82) is 0 Å². The molecule has 1 N–H and O–H groups in total. The van der Waals surface area contributed by atoms with Crippen molar-refractivity contribution in [1.82, 2.24) is 9.78 Å². The first-order chi connectivity index (χ1) is 8.20. The van der Waals surface area contributed by atoms with Crippen LogP contribution in [0.4, 0.5) is 0 Å². The summed E-state index contributed by atoms with van der Waals surface area (Å²) in [5.74, 6) is -0.378. The number of ether oxygens (including phenoxy) is 1. The molecule has 1 aliphatic rings. The molecule has 0 unspecified atom stereocenters. The lowest BCUT2D eigenvalue weighted by molar-refractivity contribution is -0.139. The van der Waals surface area contributed by atoms with Gasteiger partial charge in [-0.15, -0.1) is 0 Å². The van der Waals surface area contributed by atoms with Crippen LogP contribution in [0, 0.1) is 0 Å². The van der Waals surface area contributed by atoms with E-state index < -0.39 is 0 Å². The van der Waals surface area contributed by atoms with E-state index in [0.29, 0.717) is 11.6 Å². The predicted molar refractivity (Wildman–Crippen MR) is 62.9 cm³/mol. The average molecular weight is 238 g/mol. The maximum absolute atomic E-state index is 11.6. The minimum Gasteiger partial charge on any atom is -0.469 e. The Labute approximate surface area is 99.8 Å². The molecule has 1 saturated carbocycles. The summed E-state index contributed by atoms with van der Waals surface area (Å²) in [5.41, 5.74) is 0.309. The van der Waals surface area contributed by atoms with Gasteiger partial charge in [0.05, 0.1) is 13.5 Å². The standard InChI is InChI=1S/C12H18N2O3/c1-17-11(15)7-9-8-14(13-12(9)16)10-5-3-2-4-6-10/h8,10H,2-7H2,1H3,(H,13,16). The van der Waals surface area contributed by atoms with Crippen molar-refractivity contribution >= 4 is 5.97 Å². The Kier molecular flexibility index (Phi) is 3.66. The summed E-state index contributed by atoms with van der Waals surface area (Å²) in [4.78, 5) is 22.8. The minimum atomic E-state index is -0.378. The Morgan fingerprint density at radius 1 is 1.47 bits per heavy atom. The number of esters is 1. The van der Waals surface area contributed by atoms with Crippen LogP contribution in [-0.2, 0) is 16.0 Å². The van der Waals surface area contributed by atoms with E-state index in [-0.39, 0.29) is 17.9 Å². The van der Waals surface area contributed by atoms with E-state index in [1.165, 1.54) is 26.4 Å². The SMILES string of the molecule is COC(=O)Cc1cn(C2CCCCC2)[nH]c1=O. The molecule has 0 atom stereocenters. The highest BCUT2D eigenvalue weighted by Crippen LogP contribution is 2.27. The average Bonchev–Trinajstić information content (AvgIpc) is 2.72. The maximum Gasteiger partial charge on any atom is 0.310 e. The van der Waals surface area contributed by atoms with Gasteiger partial charge < -0.3 is 4.74 Å². The molecular formula is C12H18N2O3. The van der Waals surface area contributed by atoms with E-state index in [1.807, 2.05) is 4.68 Å². The van der Waals surface area contributed by atoms with Crippen LogP contribution in [0.2, 0.25) is 0 Å². The molecule has 5 heteroatoms. The fraction of sp³-hybridized carbons (Fsp3) is 0.667. The lowest BCUT2D eigenvalue weighted by atomic mass is 9.96. The molecule has 0 aromatic carbocycles. The Balaban J connectivity index is 2.12. The minimum absolute atomic E-state index is 0.0472. The molecule has 0 aliphatic heterocycles. The van der Waals surface area contributed by atoms with Crippen molar-refractivity contribution in [2.24, 2.45) is 0 Å². The first-order valence-corrected chi connectivity index (χ1v) is 6.07. The van der Waals surface area contributed by atoms with Crippen molar-refractivity contribution in [2.45, 2.75) is 44.6 Å². The zero-order valence-electron chi connectivity index (χ0n) is 10.1. The van der Waals surface area contributed by atoms with Crippen LogP contribution >= 0.6 is 0 Å². The van der Waals surface area contributed by atoms with Crippen molar-refractivity contribution < 1.29 is 9.53 Å². The van der Waals surface area contributed by atoms with Gasteiger partial charge in [-0.25, -0.2) is 0 Å². The molecule has 94 valence electrons. The van der Waals surface area contributed by atoms with Crippen molar-refractivity contribution in [3.63, 3.8) is 0 Å². The van der Waals surface area contributed by atoms with Gasteiger partial charge in [-0.05, 0) is 12.8 Å². The monoisotopic (exact) mass is 238 g/mol. The number of hydrogen-bond acceptors (Lipinski definition) is 3. The van der Waals surface area contributed by atoms with Crippen molar-refractivity contribution in [3.8, 4) is 0 Å². The topological polar surface area (TPSA) is 64.1 Å². The van der Waals surface area contributed by atoms with E-state index in [0.717, 1.165) is 12.8 Å². The first kappa shape index (κ1) is 12.0. The van der Waals surface area contributed by atoms with Gasteiger partial charge in [0.15, 0.2) is 0 Å². The van der Waals surface area contributed by atoms with E-state index in [2.05, 4.69) is 9.84 Å². The molecule has 1 aliphatic carbocycles. The van der Waals surface area contributed by atoms with Crippen LogP contribution in [0.5, 0.6) is 0 Å². The van der Waals surface area contributed by atoms with Crippen LogP contribution in [0.15, 0.2) is 11.0 Å². The van der Waals surface area contributed by atoms with Gasteiger partial charge in [-0.2, -0.15) is 0 Å². The number of methoxy groups -OCH3 is 1. The molecular weight excluding hydrogens is 220 g/mol. The Morgan fingerprint density at radius 3 is 2.82 bits per heavy atom. The van der Waals surface area contributed by atoms with Gasteiger partial charge in [0.25, 0.3) is 5.56 Å². The quantitative estimate of drug-likeness (QED) is 0.809. The number of aromatic nitrogens is 2. The summed E-state index contributed by atoms with van der Waals surface area (Å²) in [6.45, 7) is 0. The summed E-state index contributed by atoms with van der Waals surface area (Å²) in [7, 11) is 1.33. The second-order valence-corrected chi connectivity index (χ2v) is 4.55. The van der Waals surface area contributed by atoms with E-state index >= 15 is 0 Å². The van der Waals surface area contributed by atoms with Crippen LogP contribution in [0.25, 0.3) is 0 Å². The predicted octanol–water partition coefficient (Wildman–Crippen LogP) is 1.40. The summed E-state index contributed by atoms with van der Waals surface area (Å²) in [6, 6.07) is 0.378. The summed E-state index contributed by atoms with van der Waals surface area (Å²) < 4.78 is 6.42. The molecule has 0 radical (unpaired) electrons. The highest BCUT2D eigenvalue weighted by Gasteiger charge is 2.17. The third-order valence-corrected chi connectivity index (χ3v) is 3.35. The molecule has 2 rings (SSSR count). The second-order valence-electron chi connectivity index (χ2n) is 4.55. The molecule has 0 saturated heterocycles. The van der Waals surface area contributed by atoms with E-state index in [9.17, 15) is 9.59 Å². The van der Waals surface area contributed by atoms with Gasteiger partial charge in [0, 0.05) is 17.8 Å². The smallest absolute Gasteiger partial charge is 0.310 e. The zero-order chi connectivity index (χ0) is 12.3. The summed E-state index contributed by atoms with van der Waals surface area (Å²) in [6.07, 6.45) is 7.69. The molecule has 5 nitrogen and oxygen atoms in total. The summed E-state index contributed by atoms with van der Waals surface area (Å²) in [5, 5.41) is 2.80. The number of nitrogens with zero attached hydrogens (tertiary/aromatic N) is 1. The molecule has 0 amide bonds. The Morgan fingerprint density at radius 2 is 2.18 bits per heavy atom. The second kappa shape index (κ2) is 5.21. The van der Waals surface area contributed by atoms with E-state index in [4.69, 9.17) is 0 Å². The van der Waals surface area contributed by atoms with Crippen LogP contribution < -0.4 is 5.56 Å². The summed E-state index contributed by atoms with van der Waals surface area (Å²) >= 11 is 0. The van der Waals surface area contributed by atoms with E-state index in [1.54, 1.807) is 6.20 Å². The lowest BCUT2D eigenvalue weighted by Crippen LogP contribution is -2.16. The van der Waals surface area contributed by atoms with Crippen LogP contribution in [0.3, 0.4) is 0 Å². The number of hydrogen-bond donors (Lipinski definition) is 1. The Hall–Kier alpha value is -1.52. The molecule has 17 heavy (non-hydrogen) atoms.